The number of aromatic nitrogens is 3. The summed E-state index contributed by atoms with van der Waals surface area (Å²) >= 11 is 1.20. The molecule has 0 bridgehead atoms. The van der Waals surface area contributed by atoms with Crippen molar-refractivity contribution in [2.75, 3.05) is 0 Å². The molecule has 0 spiro atoms. The van der Waals surface area contributed by atoms with E-state index in [9.17, 15) is 25.0 Å². The standard InChI is InChI=1S/C22H15N5O6S/c1-13-2-6-16(7-3-13)25-20(15-10-17(26(30)31)12-18(11-15)27(32)33)23-24-22(25)34-19-8-4-14(5-9-19)21(28)29/h2-12H,1H3,(H,28,29). The van der Waals surface area contributed by atoms with Crippen molar-refractivity contribution >= 4 is 29.1 Å². The average molecular weight is 477 g/mol. The van der Waals surface area contributed by atoms with Crippen molar-refractivity contribution < 1.29 is 19.7 Å². The number of nitro benzene ring substituents is 2. The summed E-state index contributed by atoms with van der Waals surface area (Å²) in [5.74, 6) is -0.866. The third kappa shape index (κ3) is 4.61. The highest BCUT2D eigenvalue weighted by Crippen LogP contribution is 2.35. The van der Waals surface area contributed by atoms with Gasteiger partial charge in [-0.2, -0.15) is 0 Å². The highest BCUT2D eigenvalue weighted by atomic mass is 32.2. The van der Waals surface area contributed by atoms with Gasteiger partial charge in [0.2, 0.25) is 5.16 Å². The molecular formula is C22H15N5O6S. The maximum Gasteiger partial charge on any atom is 0.335 e. The van der Waals surface area contributed by atoms with Gasteiger partial charge in [0.25, 0.3) is 11.4 Å². The number of nitrogens with zero attached hydrogens (tertiary/aromatic N) is 5. The molecule has 12 heteroatoms. The zero-order valence-electron chi connectivity index (χ0n) is 17.5. The molecule has 3 aromatic carbocycles. The zero-order chi connectivity index (χ0) is 24.4. The van der Waals surface area contributed by atoms with E-state index in [4.69, 9.17) is 5.11 Å². The van der Waals surface area contributed by atoms with E-state index >= 15 is 0 Å². The Balaban J connectivity index is 1.87. The van der Waals surface area contributed by atoms with Crippen molar-refractivity contribution in [1.29, 1.82) is 0 Å². The van der Waals surface area contributed by atoms with Crippen LogP contribution in [0.5, 0.6) is 0 Å². The highest BCUT2D eigenvalue weighted by Gasteiger charge is 2.23. The molecule has 0 unspecified atom stereocenters. The van der Waals surface area contributed by atoms with Crippen LogP contribution in [0.25, 0.3) is 17.1 Å². The predicted molar refractivity (Wildman–Crippen MR) is 122 cm³/mol. The van der Waals surface area contributed by atoms with Gasteiger partial charge in [-0.25, -0.2) is 4.79 Å². The number of aromatic carboxylic acids is 1. The number of rotatable bonds is 7. The first-order valence-corrected chi connectivity index (χ1v) is 10.5. The number of carbonyl (C=O) groups is 1. The van der Waals surface area contributed by atoms with Crippen LogP contribution in [-0.2, 0) is 0 Å². The molecule has 1 aromatic heterocycles. The number of hydrogen-bond donors (Lipinski definition) is 1. The number of hydrogen-bond acceptors (Lipinski definition) is 8. The molecule has 1 N–H and O–H groups in total. The van der Waals surface area contributed by atoms with Crippen LogP contribution in [-0.4, -0.2) is 35.7 Å². The van der Waals surface area contributed by atoms with Gasteiger partial charge in [0.1, 0.15) is 0 Å². The van der Waals surface area contributed by atoms with Crippen molar-refractivity contribution in [2.45, 2.75) is 17.0 Å². The van der Waals surface area contributed by atoms with E-state index in [0.717, 1.165) is 11.6 Å². The summed E-state index contributed by atoms with van der Waals surface area (Å²) in [4.78, 5) is 33.1. The van der Waals surface area contributed by atoms with E-state index in [2.05, 4.69) is 10.2 Å². The Hall–Kier alpha value is -4.58. The second-order valence-electron chi connectivity index (χ2n) is 7.16. The maximum absolute atomic E-state index is 11.4. The van der Waals surface area contributed by atoms with Gasteiger partial charge < -0.3 is 5.11 Å². The topological polar surface area (TPSA) is 154 Å². The lowest BCUT2D eigenvalue weighted by Crippen LogP contribution is -2.01. The average Bonchev–Trinajstić information content (AvgIpc) is 3.23. The van der Waals surface area contributed by atoms with Crippen molar-refractivity contribution in [3.63, 3.8) is 0 Å². The highest BCUT2D eigenvalue weighted by molar-refractivity contribution is 7.99. The van der Waals surface area contributed by atoms with Gasteiger partial charge in [-0.05, 0) is 55.1 Å². The second-order valence-corrected chi connectivity index (χ2v) is 8.20. The molecular weight excluding hydrogens is 462 g/mol. The molecule has 0 fully saturated rings. The van der Waals surface area contributed by atoms with Crippen LogP contribution in [0.4, 0.5) is 11.4 Å². The fourth-order valence-corrected chi connectivity index (χ4v) is 4.00. The Kier molecular flexibility index (Phi) is 6.06. The van der Waals surface area contributed by atoms with Crippen LogP contribution in [0.3, 0.4) is 0 Å². The molecule has 1 heterocycles. The van der Waals surface area contributed by atoms with Gasteiger partial charge in [0.15, 0.2) is 5.82 Å². The van der Waals surface area contributed by atoms with Gasteiger partial charge >= 0.3 is 5.97 Å². The Morgan fingerprint density at radius 1 is 0.912 bits per heavy atom. The Labute approximate surface area is 196 Å². The summed E-state index contributed by atoms with van der Waals surface area (Å²) < 4.78 is 1.64. The molecule has 0 atom stereocenters. The monoisotopic (exact) mass is 477 g/mol. The first-order chi connectivity index (χ1) is 16.2. The number of benzene rings is 3. The van der Waals surface area contributed by atoms with Crippen LogP contribution < -0.4 is 0 Å². The number of carboxylic acids is 1. The van der Waals surface area contributed by atoms with E-state index in [1.807, 2.05) is 31.2 Å². The lowest BCUT2D eigenvalue weighted by atomic mass is 10.1. The number of aryl methyl sites for hydroxylation is 1. The van der Waals surface area contributed by atoms with Crippen molar-refractivity contribution in [1.82, 2.24) is 14.8 Å². The normalized spacial score (nSPS) is 10.7. The molecule has 0 saturated heterocycles. The zero-order valence-corrected chi connectivity index (χ0v) is 18.3. The van der Waals surface area contributed by atoms with Gasteiger partial charge in [-0.1, -0.05) is 17.7 Å². The summed E-state index contributed by atoms with van der Waals surface area (Å²) in [6, 6.07) is 16.8. The van der Waals surface area contributed by atoms with E-state index in [1.165, 1.54) is 36.0 Å². The molecule has 0 saturated carbocycles. The van der Waals surface area contributed by atoms with Gasteiger partial charge in [0, 0.05) is 28.3 Å². The number of carboxylic acid groups (broad SMARTS) is 1. The summed E-state index contributed by atoms with van der Waals surface area (Å²) in [5.41, 5.74) is 1.05. The molecule has 11 nitrogen and oxygen atoms in total. The van der Waals surface area contributed by atoms with Crippen LogP contribution >= 0.6 is 11.8 Å². The summed E-state index contributed by atoms with van der Waals surface area (Å²) in [5, 5.41) is 40.6. The van der Waals surface area contributed by atoms with Crippen molar-refractivity contribution in [3.05, 3.63) is 98.1 Å². The lowest BCUT2D eigenvalue weighted by Gasteiger charge is -2.11. The van der Waals surface area contributed by atoms with E-state index in [1.54, 1.807) is 16.7 Å². The summed E-state index contributed by atoms with van der Waals surface area (Å²) in [6.07, 6.45) is 0. The van der Waals surface area contributed by atoms with Gasteiger partial charge in [-0.15, -0.1) is 10.2 Å². The van der Waals surface area contributed by atoms with E-state index < -0.39 is 27.2 Å². The molecule has 0 aliphatic carbocycles. The van der Waals surface area contributed by atoms with Crippen LogP contribution in [0.2, 0.25) is 0 Å². The minimum Gasteiger partial charge on any atom is -0.478 e. The Bertz CT molecular complexity index is 1380. The minimum atomic E-state index is -1.05. The Morgan fingerprint density at radius 2 is 1.50 bits per heavy atom. The smallest absolute Gasteiger partial charge is 0.335 e. The summed E-state index contributed by atoms with van der Waals surface area (Å²) in [6.45, 7) is 1.92. The lowest BCUT2D eigenvalue weighted by molar-refractivity contribution is -0.394. The molecule has 0 aliphatic heterocycles. The fourth-order valence-electron chi connectivity index (χ4n) is 3.16. The fraction of sp³-hybridized carbons (Fsp3) is 0.0455. The molecule has 0 aliphatic rings. The molecule has 0 amide bonds. The van der Waals surface area contributed by atoms with Crippen molar-refractivity contribution in [2.24, 2.45) is 0 Å². The summed E-state index contributed by atoms with van der Waals surface area (Å²) in [7, 11) is 0. The first-order valence-electron chi connectivity index (χ1n) is 9.71. The molecule has 0 radical (unpaired) electrons. The van der Waals surface area contributed by atoms with Crippen LogP contribution in [0, 0.1) is 27.2 Å². The Morgan fingerprint density at radius 3 is 2.03 bits per heavy atom. The van der Waals surface area contributed by atoms with E-state index in [0.29, 0.717) is 15.7 Å². The molecule has 34 heavy (non-hydrogen) atoms. The SMILES string of the molecule is Cc1ccc(-n2c(Sc3ccc(C(=O)O)cc3)nnc2-c2cc([N+](=O)[O-])cc([N+](=O)[O-])c2)cc1. The second kappa shape index (κ2) is 9.11. The van der Waals surface area contributed by atoms with Gasteiger partial charge in [-0.3, -0.25) is 24.8 Å². The minimum absolute atomic E-state index is 0.133. The maximum atomic E-state index is 11.4. The third-order valence-electron chi connectivity index (χ3n) is 4.82. The first kappa shape index (κ1) is 22.6. The van der Waals surface area contributed by atoms with Crippen molar-refractivity contribution in [3.8, 4) is 17.1 Å². The number of nitro groups is 2. The van der Waals surface area contributed by atoms with Gasteiger partial charge in [0.05, 0.1) is 21.5 Å². The largest absolute Gasteiger partial charge is 0.478 e. The molecule has 4 aromatic rings. The number of non-ortho nitro benzene ring substituents is 2. The van der Waals surface area contributed by atoms with Crippen LogP contribution in [0.1, 0.15) is 15.9 Å². The van der Waals surface area contributed by atoms with E-state index in [-0.39, 0.29) is 17.0 Å². The van der Waals surface area contributed by atoms with Crippen LogP contribution in [0.15, 0.2) is 76.8 Å². The predicted octanol–water partition coefficient (Wildman–Crippen LogP) is 4.91. The quantitative estimate of drug-likeness (QED) is 0.289. The molecule has 4 rings (SSSR count). The third-order valence-corrected chi connectivity index (χ3v) is 5.77. The molecule has 170 valence electrons.